The molecule has 0 fully saturated rings. The van der Waals surface area contributed by atoms with Crippen LogP contribution in [0.4, 0.5) is 0 Å². The van der Waals surface area contributed by atoms with Crippen molar-refractivity contribution in [3.05, 3.63) is 58.1 Å². The summed E-state index contributed by atoms with van der Waals surface area (Å²) in [5.41, 5.74) is 2.43. The van der Waals surface area contributed by atoms with Crippen LogP contribution in [0.1, 0.15) is 5.56 Å². The fourth-order valence-corrected chi connectivity index (χ4v) is 3.25. The van der Waals surface area contributed by atoms with Crippen LogP contribution >= 0.6 is 35.0 Å². The Labute approximate surface area is 153 Å². The second-order valence-corrected chi connectivity index (χ2v) is 6.98. The number of carbonyl (C=O) groups is 1. The van der Waals surface area contributed by atoms with Crippen molar-refractivity contribution in [1.82, 2.24) is 9.88 Å². The van der Waals surface area contributed by atoms with Crippen LogP contribution in [-0.2, 0) is 11.3 Å². The zero-order valence-corrected chi connectivity index (χ0v) is 15.2. The average Bonchev–Trinajstić information content (AvgIpc) is 2.99. The van der Waals surface area contributed by atoms with E-state index in [9.17, 15) is 4.79 Å². The standard InChI is InChI=1S/C17H14Cl2N2O2S/c1-21(9-11-6-7-12(18)13(19)8-11)16(22)10-24-17-20-14-4-2-3-5-15(14)23-17/h2-8H,9-10H2,1H3. The third kappa shape index (κ3) is 4.04. The maximum atomic E-state index is 12.3. The van der Waals surface area contributed by atoms with Crippen LogP contribution in [0.15, 0.2) is 52.1 Å². The van der Waals surface area contributed by atoms with E-state index < -0.39 is 0 Å². The SMILES string of the molecule is CN(Cc1ccc(Cl)c(Cl)c1)C(=O)CSc1nc2ccccc2o1. The average molecular weight is 381 g/mol. The summed E-state index contributed by atoms with van der Waals surface area (Å²) >= 11 is 13.2. The molecule has 0 aliphatic rings. The molecule has 1 heterocycles. The zero-order chi connectivity index (χ0) is 17.1. The summed E-state index contributed by atoms with van der Waals surface area (Å²) in [5, 5.41) is 1.48. The van der Waals surface area contributed by atoms with Crippen molar-refractivity contribution in [2.75, 3.05) is 12.8 Å². The number of hydrogen-bond donors (Lipinski definition) is 0. The Kier molecular flexibility index (Phi) is 5.33. The van der Waals surface area contributed by atoms with Gasteiger partial charge >= 0.3 is 0 Å². The van der Waals surface area contributed by atoms with Gasteiger partial charge in [-0.3, -0.25) is 4.79 Å². The number of carbonyl (C=O) groups excluding carboxylic acids is 1. The molecule has 0 N–H and O–H groups in total. The molecule has 0 saturated carbocycles. The van der Waals surface area contributed by atoms with Crippen LogP contribution in [0.5, 0.6) is 0 Å². The minimum absolute atomic E-state index is 0.0201. The van der Waals surface area contributed by atoms with E-state index >= 15 is 0 Å². The summed E-state index contributed by atoms with van der Waals surface area (Å²) in [7, 11) is 1.75. The van der Waals surface area contributed by atoms with E-state index in [2.05, 4.69) is 4.98 Å². The van der Waals surface area contributed by atoms with Crippen LogP contribution in [0.25, 0.3) is 11.1 Å². The number of hydrogen-bond acceptors (Lipinski definition) is 4. The van der Waals surface area contributed by atoms with Gasteiger partial charge < -0.3 is 9.32 Å². The molecule has 0 saturated heterocycles. The molecule has 0 aliphatic carbocycles. The number of halogens is 2. The summed E-state index contributed by atoms with van der Waals surface area (Å²) in [4.78, 5) is 18.2. The highest BCUT2D eigenvalue weighted by molar-refractivity contribution is 7.99. The second-order valence-electron chi connectivity index (χ2n) is 5.23. The second kappa shape index (κ2) is 7.47. The van der Waals surface area contributed by atoms with E-state index in [-0.39, 0.29) is 11.7 Å². The van der Waals surface area contributed by atoms with Crippen LogP contribution < -0.4 is 0 Å². The fraction of sp³-hybridized carbons (Fsp3) is 0.176. The largest absolute Gasteiger partial charge is 0.431 e. The van der Waals surface area contributed by atoms with Gasteiger partial charge in [0.2, 0.25) is 5.91 Å². The van der Waals surface area contributed by atoms with Gasteiger partial charge in [-0.1, -0.05) is 53.2 Å². The summed E-state index contributed by atoms with van der Waals surface area (Å²) in [6.07, 6.45) is 0. The van der Waals surface area contributed by atoms with Crippen molar-refractivity contribution >= 4 is 52.0 Å². The maximum absolute atomic E-state index is 12.3. The van der Waals surface area contributed by atoms with E-state index in [0.29, 0.717) is 21.8 Å². The smallest absolute Gasteiger partial charge is 0.257 e. The highest BCUT2D eigenvalue weighted by Gasteiger charge is 2.13. The predicted octanol–water partition coefficient (Wildman–Crippen LogP) is 4.89. The lowest BCUT2D eigenvalue weighted by atomic mass is 10.2. The van der Waals surface area contributed by atoms with Gasteiger partial charge in [0.15, 0.2) is 5.58 Å². The quantitative estimate of drug-likeness (QED) is 0.591. The molecule has 0 spiro atoms. The van der Waals surface area contributed by atoms with Crippen LogP contribution in [0.3, 0.4) is 0 Å². The molecule has 0 radical (unpaired) electrons. The summed E-state index contributed by atoms with van der Waals surface area (Å²) in [6, 6.07) is 12.9. The normalized spacial score (nSPS) is 11.0. The third-order valence-corrected chi connectivity index (χ3v) is 4.97. The lowest BCUT2D eigenvalue weighted by Crippen LogP contribution is -2.27. The van der Waals surface area contributed by atoms with Gasteiger partial charge in [0.05, 0.1) is 15.8 Å². The number of thioether (sulfide) groups is 1. The van der Waals surface area contributed by atoms with Crippen molar-refractivity contribution < 1.29 is 9.21 Å². The number of rotatable bonds is 5. The third-order valence-electron chi connectivity index (χ3n) is 3.42. The van der Waals surface area contributed by atoms with Gasteiger partial charge in [-0.15, -0.1) is 0 Å². The Hall–Kier alpha value is -1.69. The first-order valence-corrected chi connectivity index (χ1v) is 8.93. The molecule has 3 aromatic rings. The molecule has 7 heteroatoms. The van der Waals surface area contributed by atoms with Crippen molar-refractivity contribution in [2.24, 2.45) is 0 Å². The van der Waals surface area contributed by atoms with Gasteiger partial charge in [0.25, 0.3) is 5.22 Å². The van der Waals surface area contributed by atoms with E-state index in [1.807, 2.05) is 30.3 Å². The predicted molar refractivity (Wildman–Crippen MR) is 97.7 cm³/mol. The molecule has 1 aromatic heterocycles. The molecule has 1 amide bonds. The summed E-state index contributed by atoms with van der Waals surface area (Å²) in [6.45, 7) is 0.462. The lowest BCUT2D eigenvalue weighted by molar-refractivity contribution is -0.127. The number of benzene rings is 2. The monoisotopic (exact) mass is 380 g/mol. The number of oxazole rings is 1. The number of aromatic nitrogens is 1. The van der Waals surface area contributed by atoms with Gasteiger partial charge in [0, 0.05) is 13.6 Å². The first kappa shape index (κ1) is 17.1. The molecule has 124 valence electrons. The summed E-state index contributed by atoms with van der Waals surface area (Å²) in [5.74, 6) is 0.235. The molecular weight excluding hydrogens is 367 g/mol. The van der Waals surface area contributed by atoms with Crippen molar-refractivity contribution in [3.8, 4) is 0 Å². The Morgan fingerprint density at radius 1 is 1.21 bits per heavy atom. The van der Waals surface area contributed by atoms with Crippen LogP contribution in [0.2, 0.25) is 10.0 Å². The number of amides is 1. The lowest BCUT2D eigenvalue weighted by Gasteiger charge is -2.17. The van der Waals surface area contributed by atoms with Crippen LogP contribution in [-0.4, -0.2) is 28.6 Å². The van der Waals surface area contributed by atoms with E-state index in [0.717, 1.165) is 16.7 Å². The van der Waals surface area contributed by atoms with Gasteiger partial charge in [0.1, 0.15) is 5.52 Å². The Balaban J connectivity index is 1.58. The van der Waals surface area contributed by atoms with Crippen LogP contribution in [0, 0.1) is 0 Å². The van der Waals surface area contributed by atoms with Crippen molar-refractivity contribution in [2.45, 2.75) is 11.8 Å². The van der Waals surface area contributed by atoms with Crippen molar-refractivity contribution in [3.63, 3.8) is 0 Å². The first-order chi connectivity index (χ1) is 11.5. The van der Waals surface area contributed by atoms with Crippen molar-refractivity contribution in [1.29, 1.82) is 0 Å². The molecule has 0 atom stereocenters. The van der Waals surface area contributed by atoms with E-state index in [1.165, 1.54) is 11.8 Å². The number of fused-ring (bicyclic) bond motifs is 1. The maximum Gasteiger partial charge on any atom is 0.257 e. The Morgan fingerprint density at radius 2 is 2.00 bits per heavy atom. The topological polar surface area (TPSA) is 46.3 Å². The molecule has 24 heavy (non-hydrogen) atoms. The minimum atomic E-state index is -0.0201. The first-order valence-electron chi connectivity index (χ1n) is 7.19. The Bertz CT molecular complexity index is 849. The Morgan fingerprint density at radius 3 is 2.75 bits per heavy atom. The zero-order valence-electron chi connectivity index (χ0n) is 12.8. The molecular formula is C17H14Cl2N2O2S. The molecule has 2 aromatic carbocycles. The number of para-hydroxylation sites is 2. The van der Waals surface area contributed by atoms with E-state index in [4.69, 9.17) is 27.6 Å². The highest BCUT2D eigenvalue weighted by atomic mass is 35.5. The summed E-state index contributed by atoms with van der Waals surface area (Å²) < 4.78 is 5.59. The minimum Gasteiger partial charge on any atom is -0.431 e. The van der Waals surface area contributed by atoms with Gasteiger partial charge in [-0.05, 0) is 29.8 Å². The molecule has 0 aliphatic heterocycles. The van der Waals surface area contributed by atoms with Gasteiger partial charge in [-0.2, -0.15) is 0 Å². The molecule has 0 bridgehead atoms. The highest BCUT2D eigenvalue weighted by Crippen LogP contribution is 2.25. The van der Waals surface area contributed by atoms with E-state index in [1.54, 1.807) is 24.1 Å². The number of nitrogens with zero attached hydrogens (tertiary/aromatic N) is 2. The van der Waals surface area contributed by atoms with Gasteiger partial charge in [-0.25, -0.2) is 4.98 Å². The fourth-order valence-electron chi connectivity index (χ4n) is 2.15. The molecule has 3 rings (SSSR count). The molecule has 4 nitrogen and oxygen atoms in total. The molecule has 0 unspecified atom stereocenters.